The second-order valence-electron chi connectivity index (χ2n) is 6.59. The third kappa shape index (κ3) is 3.86. The maximum atomic E-state index is 13.1. The maximum Gasteiger partial charge on any atom is 0.335 e. The second-order valence-corrected chi connectivity index (χ2v) is 8.53. The molecule has 7 nitrogen and oxygen atoms in total. The predicted octanol–water partition coefficient (Wildman–Crippen LogP) is 1.58. The van der Waals surface area contributed by atoms with Gasteiger partial charge in [0.05, 0.1) is 10.5 Å². The highest BCUT2D eigenvalue weighted by Crippen LogP contribution is 2.24. The predicted molar refractivity (Wildman–Crippen MR) is 99.3 cm³/mol. The van der Waals surface area contributed by atoms with Gasteiger partial charge in [-0.1, -0.05) is 6.07 Å². The Balaban J connectivity index is 1.91. The van der Waals surface area contributed by atoms with E-state index in [1.54, 1.807) is 25.1 Å². The molecule has 0 aliphatic carbocycles. The third-order valence-electron chi connectivity index (χ3n) is 4.69. The molecule has 3 rings (SSSR count). The number of sulfonamides is 1. The quantitative estimate of drug-likeness (QED) is 0.824. The maximum absolute atomic E-state index is 13.1. The molecule has 2 aromatic carbocycles. The summed E-state index contributed by atoms with van der Waals surface area (Å²) in [5, 5.41) is 9.14. The summed E-state index contributed by atoms with van der Waals surface area (Å²) < 4.78 is 27.5. The largest absolute Gasteiger partial charge is 0.478 e. The molecule has 142 valence electrons. The van der Waals surface area contributed by atoms with Crippen LogP contribution in [0.5, 0.6) is 0 Å². The number of carboxylic acid groups (broad SMARTS) is 1. The zero-order valence-electron chi connectivity index (χ0n) is 14.8. The molecule has 8 heteroatoms. The van der Waals surface area contributed by atoms with Crippen molar-refractivity contribution in [2.24, 2.45) is 5.73 Å². The first kappa shape index (κ1) is 19.1. The van der Waals surface area contributed by atoms with Crippen LogP contribution in [0.3, 0.4) is 0 Å². The first-order chi connectivity index (χ1) is 12.7. The lowest BCUT2D eigenvalue weighted by Crippen LogP contribution is -2.33. The molecule has 0 aromatic heterocycles. The minimum Gasteiger partial charge on any atom is -0.478 e. The van der Waals surface area contributed by atoms with Crippen molar-refractivity contribution in [2.45, 2.75) is 24.7 Å². The van der Waals surface area contributed by atoms with Crippen LogP contribution in [0.2, 0.25) is 0 Å². The highest BCUT2D eigenvalue weighted by molar-refractivity contribution is 7.89. The minimum absolute atomic E-state index is 0.0356. The summed E-state index contributed by atoms with van der Waals surface area (Å²) in [5.41, 5.74) is 8.06. The number of primary amides is 1. The van der Waals surface area contributed by atoms with Crippen LogP contribution in [0.25, 0.3) is 0 Å². The summed E-state index contributed by atoms with van der Waals surface area (Å²) in [6.45, 7) is 2.22. The summed E-state index contributed by atoms with van der Waals surface area (Å²) in [6, 6.07) is 9.24. The zero-order valence-corrected chi connectivity index (χ0v) is 15.6. The van der Waals surface area contributed by atoms with Crippen LogP contribution in [0.15, 0.2) is 41.3 Å². The standard InChI is InChI=1S/C19H20N2O5S/c1-12-8-16(18(20)22)11-17(9-12)27(25,26)21-6-4-13-2-3-15(19(23)24)10-14(13)5-7-21/h2-3,8-11H,4-7H2,1H3,(H2,20,22)(H,23,24). The Kier molecular flexibility index (Phi) is 5.03. The lowest BCUT2D eigenvalue weighted by molar-refractivity contribution is 0.0696. The van der Waals surface area contributed by atoms with Gasteiger partial charge in [-0.25, -0.2) is 13.2 Å². The van der Waals surface area contributed by atoms with Crippen LogP contribution in [-0.2, 0) is 22.9 Å². The van der Waals surface area contributed by atoms with Crippen LogP contribution < -0.4 is 5.73 Å². The molecular weight excluding hydrogens is 368 g/mol. The number of carbonyl (C=O) groups is 2. The van der Waals surface area contributed by atoms with E-state index < -0.39 is 21.9 Å². The monoisotopic (exact) mass is 388 g/mol. The van der Waals surface area contributed by atoms with Crippen LogP contribution in [0.4, 0.5) is 0 Å². The molecule has 0 radical (unpaired) electrons. The van der Waals surface area contributed by atoms with E-state index in [4.69, 9.17) is 10.8 Å². The minimum atomic E-state index is -3.80. The SMILES string of the molecule is Cc1cc(C(N)=O)cc(S(=O)(=O)N2CCc3ccc(C(=O)O)cc3CC2)c1. The molecule has 0 bridgehead atoms. The molecule has 2 aromatic rings. The van der Waals surface area contributed by atoms with Crippen molar-refractivity contribution >= 4 is 21.9 Å². The Hall–Kier alpha value is -2.71. The summed E-state index contributed by atoms with van der Waals surface area (Å²) in [7, 11) is -3.80. The fourth-order valence-corrected chi connectivity index (χ4v) is 4.84. The van der Waals surface area contributed by atoms with Gasteiger partial charge >= 0.3 is 5.97 Å². The molecule has 1 aliphatic heterocycles. The number of nitrogens with two attached hydrogens (primary N) is 1. The number of aromatic carboxylic acids is 1. The molecule has 0 spiro atoms. The molecule has 0 atom stereocenters. The van der Waals surface area contributed by atoms with Crippen LogP contribution in [0, 0.1) is 6.92 Å². The number of rotatable bonds is 4. The number of hydrogen-bond acceptors (Lipinski definition) is 4. The van der Waals surface area contributed by atoms with E-state index in [-0.39, 0.29) is 29.1 Å². The van der Waals surface area contributed by atoms with Gasteiger partial charge in [0.2, 0.25) is 15.9 Å². The number of benzene rings is 2. The van der Waals surface area contributed by atoms with Gasteiger partial charge in [-0.15, -0.1) is 0 Å². The molecule has 1 heterocycles. The van der Waals surface area contributed by atoms with E-state index in [1.165, 1.54) is 22.5 Å². The van der Waals surface area contributed by atoms with Crippen molar-refractivity contribution in [1.29, 1.82) is 0 Å². The number of amides is 1. The molecule has 1 amide bonds. The normalized spacial score (nSPS) is 15.0. The van der Waals surface area contributed by atoms with Gasteiger partial charge in [0.25, 0.3) is 0 Å². The van der Waals surface area contributed by atoms with Gasteiger partial charge in [-0.2, -0.15) is 4.31 Å². The first-order valence-corrected chi connectivity index (χ1v) is 9.89. The van der Waals surface area contributed by atoms with E-state index in [9.17, 15) is 18.0 Å². The summed E-state index contributed by atoms with van der Waals surface area (Å²) in [6.07, 6.45) is 0.910. The number of carbonyl (C=O) groups excluding carboxylic acids is 1. The molecule has 1 aliphatic rings. The highest BCUT2D eigenvalue weighted by Gasteiger charge is 2.27. The fraction of sp³-hybridized carbons (Fsp3) is 0.263. The number of hydrogen-bond donors (Lipinski definition) is 2. The number of nitrogens with zero attached hydrogens (tertiary/aromatic N) is 1. The zero-order chi connectivity index (χ0) is 19.8. The second kappa shape index (κ2) is 7.13. The molecular formula is C19H20N2O5S. The van der Waals surface area contributed by atoms with Gasteiger partial charge in [0, 0.05) is 18.7 Å². The molecule has 27 heavy (non-hydrogen) atoms. The highest BCUT2D eigenvalue weighted by atomic mass is 32.2. The topological polar surface area (TPSA) is 118 Å². The van der Waals surface area contributed by atoms with Crippen molar-refractivity contribution in [3.63, 3.8) is 0 Å². The Morgan fingerprint density at radius 3 is 2.30 bits per heavy atom. The van der Waals surface area contributed by atoms with Crippen molar-refractivity contribution in [1.82, 2.24) is 4.31 Å². The molecule has 0 saturated carbocycles. The van der Waals surface area contributed by atoms with Crippen molar-refractivity contribution in [3.05, 3.63) is 64.2 Å². The Bertz CT molecular complexity index is 1030. The van der Waals surface area contributed by atoms with Gasteiger partial charge in [-0.05, 0) is 66.8 Å². The molecule has 0 unspecified atom stereocenters. The van der Waals surface area contributed by atoms with Crippen molar-refractivity contribution < 1.29 is 23.1 Å². The van der Waals surface area contributed by atoms with Crippen LogP contribution in [0.1, 0.15) is 37.4 Å². The average molecular weight is 388 g/mol. The molecule has 0 fully saturated rings. The van der Waals surface area contributed by atoms with Crippen LogP contribution in [-0.4, -0.2) is 42.8 Å². The molecule has 0 saturated heterocycles. The summed E-state index contributed by atoms with van der Waals surface area (Å²) in [5.74, 6) is -1.69. The van der Waals surface area contributed by atoms with Crippen LogP contribution >= 0.6 is 0 Å². The van der Waals surface area contributed by atoms with E-state index >= 15 is 0 Å². The molecule has 3 N–H and O–H groups in total. The Labute approximate surface area is 157 Å². The smallest absolute Gasteiger partial charge is 0.335 e. The lowest BCUT2D eigenvalue weighted by Gasteiger charge is -2.20. The fourth-order valence-electron chi connectivity index (χ4n) is 3.27. The van der Waals surface area contributed by atoms with E-state index in [0.29, 0.717) is 18.4 Å². The summed E-state index contributed by atoms with van der Waals surface area (Å²) >= 11 is 0. The van der Waals surface area contributed by atoms with E-state index in [0.717, 1.165) is 11.1 Å². The lowest BCUT2D eigenvalue weighted by atomic mass is 10.0. The van der Waals surface area contributed by atoms with Gasteiger partial charge in [-0.3, -0.25) is 4.79 Å². The number of fused-ring (bicyclic) bond motifs is 1. The number of aryl methyl sites for hydroxylation is 1. The Morgan fingerprint density at radius 1 is 1.00 bits per heavy atom. The van der Waals surface area contributed by atoms with E-state index in [2.05, 4.69) is 0 Å². The van der Waals surface area contributed by atoms with Gasteiger partial charge in [0.1, 0.15) is 0 Å². The average Bonchev–Trinajstić information content (AvgIpc) is 2.83. The number of carboxylic acids is 1. The van der Waals surface area contributed by atoms with Gasteiger partial charge < -0.3 is 10.8 Å². The van der Waals surface area contributed by atoms with Gasteiger partial charge in [0.15, 0.2) is 0 Å². The van der Waals surface area contributed by atoms with Crippen molar-refractivity contribution in [3.8, 4) is 0 Å². The van der Waals surface area contributed by atoms with E-state index in [1.807, 2.05) is 0 Å². The third-order valence-corrected chi connectivity index (χ3v) is 6.56. The Morgan fingerprint density at radius 2 is 1.67 bits per heavy atom. The van der Waals surface area contributed by atoms with Crippen molar-refractivity contribution in [2.75, 3.05) is 13.1 Å². The summed E-state index contributed by atoms with van der Waals surface area (Å²) in [4.78, 5) is 22.7. The first-order valence-electron chi connectivity index (χ1n) is 8.45.